The number of nitrogens with one attached hydrogen (secondary N) is 2. The van der Waals surface area contributed by atoms with E-state index in [9.17, 15) is 9.59 Å². The number of hydrogen-bond donors (Lipinski definition) is 2. The van der Waals surface area contributed by atoms with Crippen molar-refractivity contribution in [1.82, 2.24) is 20.5 Å². The minimum atomic E-state index is -0.120. The van der Waals surface area contributed by atoms with E-state index in [1.807, 2.05) is 6.92 Å². The molecule has 1 saturated carbocycles. The van der Waals surface area contributed by atoms with E-state index in [1.165, 1.54) is 4.90 Å². The van der Waals surface area contributed by atoms with Gasteiger partial charge in [0, 0.05) is 38.0 Å². The zero-order valence-electron chi connectivity index (χ0n) is 17.5. The second-order valence-electron chi connectivity index (χ2n) is 7.85. The molecule has 3 aliphatic rings. The highest BCUT2D eigenvalue weighted by molar-refractivity contribution is 14.0. The van der Waals surface area contributed by atoms with Crippen molar-refractivity contribution in [1.29, 1.82) is 0 Å². The number of aliphatic imine (C=N–C) groups is 1. The van der Waals surface area contributed by atoms with Crippen LogP contribution in [0.3, 0.4) is 0 Å². The van der Waals surface area contributed by atoms with Gasteiger partial charge < -0.3 is 10.6 Å². The summed E-state index contributed by atoms with van der Waals surface area (Å²) in [5, 5.41) is 9.72. The number of thiazole rings is 1. The van der Waals surface area contributed by atoms with E-state index in [1.54, 1.807) is 11.3 Å². The van der Waals surface area contributed by atoms with Crippen LogP contribution in [0, 0.1) is 23.7 Å². The van der Waals surface area contributed by atoms with Gasteiger partial charge in [-0.3, -0.25) is 19.5 Å². The molecule has 2 N–H and O–H groups in total. The van der Waals surface area contributed by atoms with Crippen molar-refractivity contribution in [3.63, 3.8) is 0 Å². The summed E-state index contributed by atoms with van der Waals surface area (Å²) in [6.45, 7) is 6.41. The largest absolute Gasteiger partial charge is 0.357 e. The zero-order chi connectivity index (χ0) is 20.4. The highest BCUT2D eigenvalue weighted by Gasteiger charge is 2.58. The molecule has 9 heteroatoms. The Balaban J connectivity index is 0.00000256. The molecule has 1 aliphatic heterocycles. The number of imide groups is 1. The lowest BCUT2D eigenvalue weighted by atomic mass is 9.85. The van der Waals surface area contributed by atoms with E-state index in [0.29, 0.717) is 25.6 Å². The molecule has 0 spiro atoms. The van der Waals surface area contributed by atoms with Crippen molar-refractivity contribution < 1.29 is 9.59 Å². The molecular weight excluding hydrogens is 513 g/mol. The third kappa shape index (κ3) is 4.56. The number of likely N-dealkylation sites (tertiary alicyclic amines) is 1. The number of rotatable bonds is 8. The van der Waals surface area contributed by atoms with Gasteiger partial charge in [0.15, 0.2) is 5.96 Å². The number of fused-ring (bicyclic) bond motifs is 5. The van der Waals surface area contributed by atoms with Crippen LogP contribution in [0.4, 0.5) is 0 Å². The van der Waals surface area contributed by atoms with E-state index in [2.05, 4.69) is 45.1 Å². The summed E-state index contributed by atoms with van der Waals surface area (Å²) in [6, 6.07) is 0. The van der Waals surface area contributed by atoms with Gasteiger partial charge >= 0.3 is 0 Å². The van der Waals surface area contributed by atoms with Gasteiger partial charge in [-0.05, 0) is 31.6 Å². The molecule has 4 unspecified atom stereocenters. The summed E-state index contributed by atoms with van der Waals surface area (Å²) in [7, 11) is 0. The molecule has 0 aromatic carbocycles. The molecule has 2 amide bonds. The minimum Gasteiger partial charge on any atom is -0.357 e. The number of allylic oxidation sites excluding steroid dienone is 2. The first-order valence-electron chi connectivity index (χ1n) is 10.6. The molecule has 164 valence electrons. The van der Waals surface area contributed by atoms with E-state index >= 15 is 0 Å². The molecule has 2 heterocycles. The Hall–Kier alpha value is -1.49. The summed E-state index contributed by atoms with van der Waals surface area (Å²) in [5.41, 5.74) is 1.08. The normalized spacial score (nSPS) is 26.9. The van der Waals surface area contributed by atoms with Gasteiger partial charge in [-0.2, -0.15) is 0 Å². The Morgan fingerprint density at radius 2 is 1.90 bits per heavy atom. The van der Waals surface area contributed by atoms with Gasteiger partial charge in [-0.25, -0.2) is 4.98 Å². The van der Waals surface area contributed by atoms with Gasteiger partial charge in [0.1, 0.15) is 0 Å². The fourth-order valence-corrected chi connectivity index (χ4v) is 5.50. The number of carbonyl (C=O) groups excluding carboxylic acids is 2. The van der Waals surface area contributed by atoms with Gasteiger partial charge in [-0.15, -0.1) is 35.3 Å². The van der Waals surface area contributed by atoms with Crippen LogP contribution in [0.1, 0.15) is 31.0 Å². The molecule has 7 nitrogen and oxygen atoms in total. The first kappa shape index (κ1) is 23.2. The van der Waals surface area contributed by atoms with E-state index in [0.717, 1.165) is 36.5 Å². The monoisotopic (exact) mass is 543 g/mol. The average molecular weight is 543 g/mol. The summed E-state index contributed by atoms with van der Waals surface area (Å²) >= 11 is 1.69. The SMILES string of the molecule is CCNC(=NCCc1csc(CC)n1)NCCN1C(=O)C2C3C=CC(C3)C2C1=O.I. The summed E-state index contributed by atoms with van der Waals surface area (Å²) in [5.74, 6) is 1.01. The predicted octanol–water partition coefficient (Wildman–Crippen LogP) is 2.23. The van der Waals surface area contributed by atoms with Crippen LogP contribution >= 0.6 is 35.3 Å². The molecular formula is C21H30IN5O2S. The van der Waals surface area contributed by atoms with Crippen molar-refractivity contribution in [3.8, 4) is 0 Å². The Morgan fingerprint density at radius 3 is 2.50 bits per heavy atom. The van der Waals surface area contributed by atoms with Gasteiger partial charge in [0.2, 0.25) is 11.8 Å². The van der Waals surface area contributed by atoms with Crippen molar-refractivity contribution in [2.24, 2.45) is 28.7 Å². The highest BCUT2D eigenvalue weighted by Crippen LogP contribution is 2.52. The number of guanidine groups is 1. The maximum absolute atomic E-state index is 12.7. The molecule has 1 aromatic heterocycles. The van der Waals surface area contributed by atoms with Crippen LogP contribution in [-0.4, -0.2) is 53.8 Å². The lowest BCUT2D eigenvalue weighted by Crippen LogP contribution is -2.43. The highest BCUT2D eigenvalue weighted by atomic mass is 127. The van der Waals surface area contributed by atoms with Gasteiger partial charge in [-0.1, -0.05) is 19.1 Å². The lowest BCUT2D eigenvalue weighted by molar-refractivity contribution is -0.140. The number of aromatic nitrogens is 1. The van der Waals surface area contributed by atoms with Crippen molar-refractivity contribution >= 4 is 53.1 Å². The Labute approximate surface area is 198 Å². The molecule has 2 aliphatic carbocycles. The Kier molecular flexibility index (Phi) is 7.89. The summed E-state index contributed by atoms with van der Waals surface area (Å²) in [4.78, 5) is 36.1. The van der Waals surface area contributed by atoms with E-state index in [-0.39, 0.29) is 59.5 Å². The molecule has 2 fully saturated rings. The van der Waals surface area contributed by atoms with Crippen LogP contribution in [-0.2, 0) is 22.4 Å². The van der Waals surface area contributed by atoms with Crippen LogP contribution in [0.2, 0.25) is 0 Å². The van der Waals surface area contributed by atoms with Crippen molar-refractivity contribution in [3.05, 3.63) is 28.2 Å². The number of nitrogens with zero attached hydrogens (tertiary/aromatic N) is 3. The second-order valence-corrected chi connectivity index (χ2v) is 8.79. The second kappa shape index (κ2) is 10.2. The first-order valence-corrected chi connectivity index (χ1v) is 11.5. The van der Waals surface area contributed by atoms with Crippen molar-refractivity contribution in [2.75, 3.05) is 26.2 Å². The zero-order valence-corrected chi connectivity index (χ0v) is 20.6. The van der Waals surface area contributed by atoms with Gasteiger partial charge in [0.05, 0.1) is 22.5 Å². The number of amides is 2. The Morgan fingerprint density at radius 1 is 1.20 bits per heavy atom. The third-order valence-corrected chi connectivity index (χ3v) is 7.12. The first-order chi connectivity index (χ1) is 14.1. The molecule has 4 atom stereocenters. The molecule has 1 aromatic rings. The maximum atomic E-state index is 12.7. The fraction of sp³-hybridized carbons (Fsp3) is 0.619. The summed E-state index contributed by atoms with van der Waals surface area (Å²) < 4.78 is 0. The predicted molar refractivity (Wildman–Crippen MR) is 129 cm³/mol. The topological polar surface area (TPSA) is 86.7 Å². The number of hydrogen-bond acceptors (Lipinski definition) is 5. The smallest absolute Gasteiger partial charge is 0.233 e. The van der Waals surface area contributed by atoms with Crippen LogP contribution in [0.5, 0.6) is 0 Å². The van der Waals surface area contributed by atoms with Crippen LogP contribution in [0.25, 0.3) is 0 Å². The third-order valence-electron chi connectivity index (χ3n) is 6.07. The van der Waals surface area contributed by atoms with Crippen LogP contribution in [0.15, 0.2) is 22.5 Å². The van der Waals surface area contributed by atoms with Crippen LogP contribution < -0.4 is 10.6 Å². The molecule has 4 rings (SSSR count). The maximum Gasteiger partial charge on any atom is 0.233 e. The average Bonchev–Trinajstić information content (AvgIpc) is 3.48. The minimum absolute atomic E-state index is 0. The lowest BCUT2D eigenvalue weighted by Gasteiger charge is -2.18. The fourth-order valence-electron chi connectivity index (χ4n) is 4.72. The summed E-state index contributed by atoms with van der Waals surface area (Å²) in [6.07, 6.45) is 6.98. The number of carbonyl (C=O) groups is 2. The molecule has 2 bridgehead atoms. The van der Waals surface area contributed by atoms with Crippen molar-refractivity contribution in [2.45, 2.75) is 33.1 Å². The number of halogens is 1. The molecule has 0 radical (unpaired) electrons. The van der Waals surface area contributed by atoms with E-state index < -0.39 is 0 Å². The standard InChI is InChI=1S/C21H29N5O2S.HI/c1-3-16-25-15(12-29-16)7-8-23-21(22-4-2)24-9-10-26-19(27)17-13-5-6-14(11-13)18(17)20(26)28;/h5-6,12-14,17-18H,3-4,7-11H2,1-2H3,(H2,22,23,24);1H. The number of aryl methyl sites for hydroxylation is 1. The molecule has 30 heavy (non-hydrogen) atoms. The van der Waals surface area contributed by atoms with E-state index in [4.69, 9.17) is 0 Å². The quantitative estimate of drug-likeness (QED) is 0.173. The Bertz CT molecular complexity index is 809. The van der Waals surface area contributed by atoms with Gasteiger partial charge in [0.25, 0.3) is 0 Å². The molecule has 1 saturated heterocycles.